The van der Waals surface area contributed by atoms with Gasteiger partial charge in [0, 0.05) is 35.5 Å². The van der Waals surface area contributed by atoms with Crippen LogP contribution >= 0.6 is 11.3 Å². The summed E-state index contributed by atoms with van der Waals surface area (Å²) in [5, 5.41) is 3.60. The molecule has 1 aliphatic rings. The van der Waals surface area contributed by atoms with E-state index >= 15 is 0 Å². The molecule has 0 bridgehead atoms. The molecular weight excluding hydrogens is 434 g/mol. The summed E-state index contributed by atoms with van der Waals surface area (Å²) in [7, 11) is -2.01. The van der Waals surface area contributed by atoms with E-state index in [1.54, 1.807) is 26.2 Å². The molecule has 3 aromatic rings. The number of anilines is 1. The number of nitrogens with zero attached hydrogens (tertiary/aromatic N) is 2. The lowest BCUT2D eigenvalue weighted by molar-refractivity contribution is -0.115. The van der Waals surface area contributed by atoms with Crippen molar-refractivity contribution in [3.05, 3.63) is 59.1 Å². The molecular formula is C22H23N3O4S2. The zero-order valence-corrected chi connectivity index (χ0v) is 18.9. The molecule has 9 heteroatoms. The van der Waals surface area contributed by atoms with Gasteiger partial charge in [0.2, 0.25) is 15.9 Å². The molecule has 0 spiro atoms. The van der Waals surface area contributed by atoms with Crippen LogP contribution in [0.15, 0.2) is 53.4 Å². The Balaban J connectivity index is 1.52. The molecule has 31 heavy (non-hydrogen) atoms. The average Bonchev–Trinajstić information content (AvgIpc) is 3.23. The van der Waals surface area contributed by atoms with Gasteiger partial charge < -0.3 is 10.1 Å². The van der Waals surface area contributed by atoms with Crippen LogP contribution in [-0.2, 0) is 27.8 Å². The van der Waals surface area contributed by atoms with Gasteiger partial charge in [0.05, 0.1) is 24.2 Å². The van der Waals surface area contributed by atoms with Gasteiger partial charge in [-0.25, -0.2) is 13.4 Å². The summed E-state index contributed by atoms with van der Waals surface area (Å²) in [4.78, 5) is 17.4. The zero-order chi connectivity index (χ0) is 22.0. The van der Waals surface area contributed by atoms with Crippen molar-refractivity contribution in [2.75, 3.05) is 19.0 Å². The number of sulfonamides is 1. The van der Waals surface area contributed by atoms with E-state index in [9.17, 15) is 13.2 Å². The largest absolute Gasteiger partial charge is 0.497 e. The summed E-state index contributed by atoms with van der Waals surface area (Å²) in [5.41, 5.74) is 2.53. The van der Waals surface area contributed by atoms with Crippen LogP contribution in [0.25, 0.3) is 10.6 Å². The van der Waals surface area contributed by atoms with Crippen molar-refractivity contribution in [3.63, 3.8) is 0 Å². The minimum absolute atomic E-state index is 0.114. The van der Waals surface area contributed by atoms with Gasteiger partial charge in [0.1, 0.15) is 10.8 Å². The van der Waals surface area contributed by atoms with Crippen molar-refractivity contribution in [2.45, 2.75) is 31.2 Å². The Labute approximate surface area is 185 Å². The fourth-order valence-electron chi connectivity index (χ4n) is 3.34. The number of thiazole rings is 1. The number of aromatic nitrogens is 1. The van der Waals surface area contributed by atoms with Crippen molar-refractivity contribution >= 4 is 33.0 Å². The lowest BCUT2D eigenvalue weighted by Gasteiger charge is -2.25. The van der Waals surface area contributed by atoms with Gasteiger partial charge in [-0.05, 0) is 48.5 Å². The van der Waals surface area contributed by atoms with Crippen molar-refractivity contribution in [3.8, 4) is 16.3 Å². The SMILES string of the molecule is CCC(=O)Nc1ccc(S(=O)(=O)N2CCc3nc(-c4ccc(OC)cc4)sc3C2)cc1. The second kappa shape index (κ2) is 8.78. The Morgan fingerprint density at radius 1 is 1.16 bits per heavy atom. The number of rotatable bonds is 6. The highest BCUT2D eigenvalue weighted by atomic mass is 32.2. The third kappa shape index (κ3) is 4.48. The smallest absolute Gasteiger partial charge is 0.243 e. The Morgan fingerprint density at radius 2 is 1.87 bits per heavy atom. The molecule has 7 nitrogen and oxygen atoms in total. The minimum atomic E-state index is -3.64. The summed E-state index contributed by atoms with van der Waals surface area (Å²) >= 11 is 1.52. The molecule has 1 N–H and O–H groups in total. The molecule has 0 saturated heterocycles. The number of nitrogens with one attached hydrogen (secondary N) is 1. The molecule has 0 radical (unpaired) electrons. The first-order valence-electron chi connectivity index (χ1n) is 9.93. The van der Waals surface area contributed by atoms with Gasteiger partial charge in [-0.15, -0.1) is 11.3 Å². The van der Waals surface area contributed by atoms with Crippen molar-refractivity contribution in [1.29, 1.82) is 0 Å². The zero-order valence-electron chi connectivity index (χ0n) is 17.3. The van der Waals surface area contributed by atoms with E-state index < -0.39 is 10.0 Å². The molecule has 1 amide bonds. The van der Waals surface area contributed by atoms with Crippen LogP contribution in [0, 0.1) is 0 Å². The molecule has 0 saturated carbocycles. The number of amides is 1. The van der Waals surface area contributed by atoms with Crippen LogP contribution in [0.2, 0.25) is 0 Å². The molecule has 1 aliphatic heterocycles. The van der Waals surface area contributed by atoms with E-state index in [2.05, 4.69) is 5.32 Å². The summed E-state index contributed by atoms with van der Waals surface area (Å²) < 4.78 is 33.0. The average molecular weight is 458 g/mol. The predicted molar refractivity (Wildman–Crippen MR) is 121 cm³/mol. The third-order valence-corrected chi connectivity index (χ3v) is 8.12. The molecule has 0 aliphatic carbocycles. The van der Waals surface area contributed by atoms with Gasteiger partial charge in [-0.3, -0.25) is 4.79 Å². The number of benzene rings is 2. The maximum absolute atomic E-state index is 13.1. The fourth-order valence-corrected chi connectivity index (χ4v) is 5.96. The lowest BCUT2D eigenvalue weighted by atomic mass is 10.2. The molecule has 2 aromatic carbocycles. The summed E-state index contributed by atoms with van der Waals surface area (Å²) in [6, 6.07) is 14.0. The van der Waals surface area contributed by atoms with Crippen LogP contribution in [0.5, 0.6) is 5.75 Å². The number of carbonyl (C=O) groups excluding carboxylic acids is 1. The van der Waals surface area contributed by atoms with Crippen LogP contribution in [-0.4, -0.2) is 37.3 Å². The van der Waals surface area contributed by atoms with Crippen LogP contribution < -0.4 is 10.1 Å². The van der Waals surface area contributed by atoms with E-state index in [0.29, 0.717) is 31.6 Å². The van der Waals surface area contributed by atoms with Crippen molar-refractivity contribution in [2.24, 2.45) is 0 Å². The van der Waals surface area contributed by atoms with Gasteiger partial charge >= 0.3 is 0 Å². The Morgan fingerprint density at radius 3 is 2.52 bits per heavy atom. The lowest BCUT2D eigenvalue weighted by Crippen LogP contribution is -2.35. The molecule has 162 valence electrons. The minimum Gasteiger partial charge on any atom is -0.497 e. The van der Waals surface area contributed by atoms with E-state index in [0.717, 1.165) is 26.9 Å². The summed E-state index contributed by atoms with van der Waals surface area (Å²) in [5.74, 6) is 0.666. The van der Waals surface area contributed by atoms with Crippen LogP contribution in [0.1, 0.15) is 23.9 Å². The standard InChI is InChI=1S/C22H23N3O4S2/c1-3-21(26)23-16-6-10-18(11-7-16)31(27,28)25-13-12-19-20(14-25)30-22(24-19)15-4-8-17(29-2)9-5-15/h4-11H,3,12-14H2,1-2H3,(H,23,26). The number of ether oxygens (including phenoxy) is 1. The monoisotopic (exact) mass is 457 g/mol. The Bertz CT molecular complexity index is 1190. The normalized spacial score (nSPS) is 14.1. The van der Waals surface area contributed by atoms with E-state index in [-0.39, 0.29) is 10.8 Å². The second-order valence-electron chi connectivity index (χ2n) is 7.13. The highest BCUT2D eigenvalue weighted by molar-refractivity contribution is 7.89. The van der Waals surface area contributed by atoms with Gasteiger partial charge in [0.25, 0.3) is 0 Å². The first-order chi connectivity index (χ1) is 14.9. The predicted octanol–water partition coefficient (Wildman–Crippen LogP) is 3.91. The summed E-state index contributed by atoms with van der Waals surface area (Å²) in [6.07, 6.45) is 0.940. The van der Waals surface area contributed by atoms with E-state index in [1.807, 2.05) is 24.3 Å². The van der Waals surface area contributed by atoms with Crippen LogP contribution in [0.4, 0.5) is 5.69 Å². The maximum Gasteiger partial charge on any atom is 0.243 e. The highest BCUT2D eigenvalue weighted by Crippen LogP contribution is 2.34. The molecule has 0 fully saturated rings. The topological polar surface area (TPSA) is 88.6 Å². The third-order valence-electron chi connectivity index (χ3n) is 5.13. The van der Waals surface area contributed by atoms with E-state index in [4.69, 9.17) is 9.72 Å². The number of carbonyl (C=O) groups is 1. The van der Waals surface area contributed by atoms with Gasteiger partial charge in [-0.2, -0.15) is 4.31 Å². The summed E-state index contributed by atoms with van der Waals surface area (Å²) in [6.45, 7) is 2.45. The second-order valence-corrected chi connectivity index (χ2v) is 10.2. The van der Waals surface area contributed by atoms with Crippen molar-refractivity contribution < 1.29 is 17.9 Å². The Hall–Kier alpha value is -2.75. The molecule has 2 heterocycles. The van der Waals surface area contributed by atoms with E-state index in [1.165, 1.54) is 27.8 Å². The first-order valence-corrected chi connectivity index (χ1v) is 12.2. The van der Waals surface area contributed by atoms with Crippen LogP contribution in [0.3, 0.4) is 0 Å². The number of hydrogen-bond donors (Lipinski definition) is 1. The van der Waals surface area contributed by atoms with Gasteiger partial charge in [-0.1, -0.05) is 6.92 Å². The van der Waals surface area contributed by atoms with Crippen molar-refractivity contribution in [1.82, 2.24) is 9.29 Å². The fraction of sp³-hybridized carbons (Fsp3) is 0.273. The molecule has 1 aromatic heterocycles. The molecule has 0 unspecified atom stereocenters. The first kappa shape index (κ1) is 21.5. The molecule has 4 rings (SSSR count). The quantitative estimate of drug-likeness (QED) is 0.606. The van der Waals surface area contributed by atoms with Gasteiger partial charge in [0.15, 0.2) is 0 Å². The number of methoxy groups -OCH3 is 1. The maximum atomic E-state index is 13.1. The Kier molecular flexibility index (Phi) is 6.08. The highest BCUT2D eigenvalue weighted by Gasteiger charge is 2.30. The number of fused-ring (bicyclic) bond motifs is 1. The number of hydrogen-bond acceptors (Lipinski definition) is 6. The molecule has 0 atom stereocenters.